The van der Waals surface area contributed by atoms with Crippen molar-refractivity contribution in [2.24, 2.45) is 5.92 Å². The maximum atomic E-state index is 13.2. The number of carbonyl (C=O) groups excluding carboxylic acids is 1. The zero-order valence-corrected chi connectivity index (χ0v) is 16.1. The first-order chi connectivity index (χ1) is 14.3. The highest BCUT2D eigenvalue weighted by Crippen LogP contribution is 2.34. The van der Waals surface area contributed by atoms with Gasteiger partial charge in [0.05, 0.1) is 5.56 Å². The Morgan fingerprint density at radius 3 is 2.37 bits per heavy atom. The van der Waals surface area contributed by atoms with Crippen molar-refractivity contribution in [3.8, 4) is 11.6 Å². The third-order valence-electron chi connectivity index (χ3n) is 5.08. The average molecular weight is 417 g/mol. The molecule has 0 N–H and O–H groups in total. The third kappa shape index (κ3) is 4.03. The maximum absolute atomic E-state index is 13.2. The number of hydrogen-bond acceptors (Lipinski definition) is 7. The smallest absolute Gasteiger partial charge is 0.417 e. The van der Waals surface area contributed by atoms with Gasteiger partial charge in [-0.1, -0.05) is 18.2 Å². The van der Waals surface area contributed by atoms with E-state index in [1.807, 2.05) is 4.90 Å². The van der Waals surface area contributed by atoms with E-state index in [0.717, 1.165) is 6.07 Å². The van der Waals surface area contributed by atoms with E-state index >= 15 is 0 Å². The molecule has 4 rings (SSSR count). The first-order valence-electron chi connectivity index (χ1n) is 9.42. The molecular weight excluding hydrogens is 399 g/mol. The first-order valence-corrected chi connectivity index (χ1v) is 9.42. The lowest BCUT2D eigenvalue weighted by Gasteiger charge is -2.32. The van der Waals surface area contributed by atoms with Crippen molar-refractivity contribution in [2.75, 3.05) is 18.0 Å². The van der Waals surface area contributed by atoms with Crippen molar-refractivity contribution >= 4 is 11.6 Å². The number of nitrogens with zero attached hydrogens (tertiary/aromatic N) is 5. The van der Waals surface area contributed by atoms with Crippen LogP contribution in [0.1, 0.15) is 34.7 Å². The highest BCUT2D eigenvalue weighted by atomic mass is 19.4. The molecular formula is C20H18F3N5O2. The number of benzene rings is 1. The lowest BCUT2D eigenvalue weighted by Crippen LogP contribution is -2.37. The molecule has 0 atom stereocenters. The first kappa shape index (κ1) is 20.0. The molecule has 0 unspecified atom stereocenters. The van der Waals surface area contributed by atoms with Gasteiger partial charge in [0.2, 0.25) is 5.89 Å². The van der Waals surface area contributed by atoms with Crippen molar-refractivity contribution in [3.63, 3.8) is 0 Å². The minimum Gasteiger partial charge on any atom is -0.420 e. The quantitative estimate of drug-likeness (QED) is 0.594. The zero-order chi connectivity index (χ0) is 21.3. The Morgan fingerprint density at radius 2 is 1.77 bits per heavy atom. The van der Waals surface area contributed by atoms with Crippen LogP contribution in [0, 0.1) is 12.8 Å². The minimum atomic E-state index is -4.55. The molecule has 0 spiro atoms. The predicted octanol–water partition coefficient (Wildman–Crippen LogP) is 3.95. The molecule has 0 radical (unpaired) electrons. The number of alkyl halides is 3. The fourth-order valence-electron chi connectivity index (χ4n) is 3.54. The topological polar surface area (TPSA) is 85.0 Å². The summed E-state index contributed by atoms with van der Waals surface area (Å²) >= 11 is 0. The summed E-state index contributed by atoms with van der Waals surface area (Å²) in [5.74, 6) is 0.402. The van der Waals surface area contributed by atoms with E-state index in [4.69, 9.17) is 4.42 Å². The molecule has 7 nitrogen and oxygen atoms in total. The fraction of sp³-hybridized carbons (Fsp3) is 0.350. The molecule has 2 aromatic heterocycles. The summed E-state index contributed by atoms with van der Waals surface area (Å²) in [5.41, 5.74) is -0.689. The van der Waals surface area contributed by atoms with Gasteiger partial charge in [0.1, 0.15) is 5.69 Å². The molecule has 1 aliphatic heterocycles. The molecule has 1 aromatic carbocycles. The van der Waals surface area contributed by atoms with Gasteiger partial charge < -0.3 is 9.32 Å². The monoisotopic (exact) mass is 417 g/mol. The van der Waals surface area contributed by atoms with E-state index in [2.05, 4.69) is 20.4 Å². The van der Waals surface area contributed by atoms with Gasteiger partial charge in [0, 0.05) is 31.5 Å². The van der Waals surface area contributed by atoms with Crippen molar-refractivity contribution in [2.45, 2.75) is 25.9 Å². The Morgan fingerprint density at radius 1 is 1.03 bits per heavy atom. The molecule has 156 valence electrons. The van der Waals surface area contributed by atoms with Crippen LogP contribution in [0.4, 0.5) is 19.0 Å². The number of carbonyl (C=O) groups is 1. The second-order valence-electron chi connectivity index (χ2n) is 7.07. The van der Waals surface area contributed by atoms with Crippen LogP contribution >= 0.6 is 0 Å². The predicted molar refractivity (Wildman–Crippen MR) is 101 cm³/mol. The van der Waals surface area contributed by atoms with Gasteiger partial charge in [-0.15, -0.1) is 20.4 Å². The summed E-state index contributed by atoms with van der Waals surface area (Å²) < 4.78 is 45.0. The van der Waals surface area contributed by atoms with Gasteiger partial charge in [-0.05, 0) is 31.0 Å². The van der Waals surface area contributed by atoms with Crippen LogP contribution in [0.25, 0.3) is 11.6 Å². The van der Waals surface area contributed by atoms with Crippen LogP contribution < -0.4 is 4.90 Å². The summed E-state index contributed by atoms with van der Waals surface area (Å²) in [6.45, 7) is 2.67. The second-order valence-corrected chi connectivity index (χ2v) is 7.07. The number of ketones is 1. The number of piperidine rings is 1. The summed E-state index contributed by atoms with van der Waals surface area (Å²) in [5, 5.41) is 15.9. The number of Topliss-reactive ketones (excluding diaryl/α,β-unsaturated/α-hetero) is 1. The van der Waals surface area contributed by atoms with Crippen molar-refractivity contribution < 1.29 is 22.4 Å². The summed E-state index contributed by atoms with van der Waals surface area (Å²) in [6, 6.07) is 8.43. The van der Waals surface area contributed by atoms with Crippen LogP contribution in [0.5, 0.6) is 0 Å². The third-order valence-corrected chi connectivity index (χ3v) is 5.08. The van der Waals surface area contributed by atoms with Crippen molar-refractivity contribution in [1.82, 2.24) is 20.4 Å². The van der Waals surface area contributed by atoms with E-state index in [0.29, 0.717) is 43.3 Å². The Bertz CT molecular complexity index is 1040. The van der Waals surface area contributed by atoms with Gasteiger partial charge in [0.15, 0.2) is 11.6 Å². The molecule has 0 aliphatic carbocycles. The fourth-order valence-corrected chi connectivity index (χ4v) is 3.54. The number of hydrogen-bond donors (Lipinski definition) is 0. The number of halogens is 3. The second kappa shape index (κ2) is 7.85. The zero-order valence-electron chi connectivity index (χ0n) is 16.1. The maximum Gasteiger partial charge on any atom is 0.417 e. The molecule has 3 heterocycles. The van der Waals surface area contributed by atoms with Gasteiger partial charge in [-0.25, -0.2) is 0 Å². The van der Waals surface area contributed by atoms with Crippen LogP contribution in [-0.2, 0) is 6.18 Å². The largest absolute Gasteiger partial charge is 0.420 e. The highest BCUT2D eigenvalue weighted by molar-refractivity contribution is 5.99. The molecule has 0 bridgehead atoms. The summed E-state index contributed by atoms with van der Waals surface area (Å²) in [4.78, 5) is 14.7. The molecule has 10 heteroatoms. The number of anilines is 1. The molecule has 0 amide bonds. The van der Waals surface area contributed by atoms with Gasteiger partial charge >= 0.3 is 6.18 Å². The van der Waals surface area contributed by atoms with Gasteiger partial charge in [0.25, 0.3) is 5.89 Å². The molecule has 0 saturated carbocycles. The molecule has 3 aromatic rings. The van der Waals surface area contributed by atoms with Crippen molar-refractivity contribution in [1.29, 1.82) is 0 Å². The average Bonchev–Trinajstić information content (AvgIpc) is 3.19. The SMILES string of the molecule is Cc1nnc(-c2ccc(N3CCC(C(=O)c4ccccc4C(F)(F)F)CC3)nn2)o1. The number of rotatable bonds is 4. The van der Waals surface area contributed by atoms with Gasteiger partial charge in [-0.2, -0.15) is 13.2 Å². The molecule has 1 fully saturated rings. The molecule has 30 heavy (non-hydrogen) atoms. The van der Waals surface area contributed by atoms with E-state index < -0.39 is 23.4 Å². The van der Waals surface area contributed by atoms with Crippen LogP contribution in [-0.4, -0.2) is 39.3 Å². The Labute approximate surface area is 169 Å². The number of aromatic nitrogens is 4. The number of aryl methyl sites for hydroxylation is 1. The normalized spacial score (nSPS) is 15.4. The van der Waals surface area contributed by atoms with E-state index in [-0.39, 0.29) is 11.5 Å². The molecule has 1 aliphatic rings. The Kier molecular flexibility index (Phi) is 5.23. The van der Waals surface area contributed by atoms with E-state index in [1.54, 1.807) is 19.1 Å². The summed E-state index contributed by atoms with van der Waals surface area (Å²) in [7, 11) is 0. The minimum absolute atomic E-state index is 0.262. The van der Waals surface area contributed by atoms with Gasteiger partial charge in [-0.3, -0.25) is 4.79 Å². The van der Waals surface area contributed by atoms with Crippen LogP contribution in [0.15, 0.2) is 40.8 Å². The van der Waals surface area contributed by atoms with Crippen LogP contribution in [0.3, 0.4) is 0 Å². The van der Waals surface area contributed by atoms with E-state index in [9.17, 15) is 18.0 Å². The van der Waals surface area contributed by atoms with Crippen LogP contribution in [0.2, 0.25) is 0 Å². The highest BCUT2D eigenvalue weighted by Gasteiger charge is 2.37. The Hall–Kier alpha value is -3.30. The summed E-state index contributed by atoms with van der Waals surface area (Å²) in [6.07, 6.45) is -3.67. The van der Waals surface area contributed by atoms with E-state index in [1.165, 1.54) is 18.2 Å². The standard InChI is InChI=1S/C20H18F3N5O2/c1-12-24-27-19(30-12)16-6-7-17(26-25-16)28-10-8-13(9-11-28)18(29)14-4-2-3-5-15(14)20(21,22)23/h2-7,13H,8-11H2,1H3. The Balaban J connectivity index is 1.42. The lowest BCUT2D eigenvalue weighted by atomic mass is 9.87. The molecule has 1 saturated heterocycles. The lowest BCUT2D eigenvalue weighted by molar-refractivity contribution is -0.137. The van der Waals surface area contributed by atoms with Crippen molar-refractivity contribution in [3.05, 3.63) is 53.4 Å².